The van der Waals surface area contributed by atoms with Gasteiger partial charge in [-0.1, -0.05) is 0 Å². The lowest BCUT2D eigenvalue weighted by molar-refractivity contribution is -0.117. The number of carbonyl (C=O) groups excluding carboxylic acids is 1. The van der Waals surface area contributed by atoms with Gasteiger partial charge in [0, 0.05) is 13.0 Å². The number of nitrogens with one attached hydrogen (secondary N) is 1. The third-order valence-electron chi connectivity index (χ3n) is 3.02. The molecule has 17 heavy (non-hydrogen) atoms. The van der Waals surface area contributed by atoms with Gasteiger partial charge in [-0.15, -0.1) is 0 Å². The second-order valence-corrected chi connectivity index (χ2v) is 4.65. The van der Waals surface area contributed by atoms with Gasteiger partial charge < -0.3 is 16.0 Å². The first kappa shape index (κ1) is 11.9. The van der Waals surface area contributed by atoms with Crippen LogP contribution >= 0.6 is 0 Å². The van der Waals surface area contributed by atoms with E-state index in [0.29, 0.717) is 23.8 Å². The average Bonchev–Trinajstić information content (AvgIpc) is 2.67. The summed E-state index contributed by atoms with van der Waals surface area (Å²) >= 11 is 0. The lowest BCUT2D eigenvalue weighted by atomic mass is 10.0. The number of carbonyl (C=O) groups is 1. The molecule has 0 aliphatic carbocycles. The van der Waals surface area contributed by atoms with Crippen molar-refractivity contribution in [3.63, 3.8) is 0 Å². The summed E-state index contributed by atoms with van der Waals surface area (Å²) in [6, 6.07) is 3.44. The number of rotatable bonds is 3. The van der Waals surface area contributed by atoms with Gasteiger partial charge in [-0.05, 0) is 38.1 Å². The molecule has 2 heterocycles. The molecule has 0 aromatic carbocycles. The van der Waals surface area contributed by atoms with Crippen LogP contribution in [0.2, 0.25) is 0 Å². The lowest BCUT2D eigenvalue weighted by Gasteiger charge is -2.10. The van der Waals surface area contributed by atoms with Crippen molar-refractivity contribution in [2.75, 3.05) is 31.2 Å². The standard InChI is InChI=1S/C12H18N4O/c1-16-5-4-9(8-16)6-12(17)15-11-3-2-10(13)7-14-11/h2-3,7,9H,4-6,8,13H2,1H3,(H,14,15,17). The van der Waals surface area contributed by atoms with Gasteiger partial charge in [0.2, 0.25) is 5.91 Å². The molecule has 1 saturated heterocycles. The number of hydrogen-bond acceptors (Lipinski definition) is 4. The zero-order chi connectivity index (χ0) is 12.3. The average molecular weight is 234 g/mol. The number of amides is 1. The third-order valence-corrected chi connectivity index (χ3v) is 3.02. The van der Waals surface area contributed by atoms with Crippen LogP contribution in [-0.4, -0.2) is 35.9 Å². The van der Waals surface area contributed by atoms with E-state index in [0.717, 1.165) is 19.5 Å². The van der Waals surface area contributed by atoms with Gasteiger partial charge in [-0.25, -0.2) is 4.98 Å². The molecular weight excluding hydrogens is 216 g/mol. The zero-order valence-electron chi connectivity index (χ0n) is 10.0. The van der Waals surface area contributed by atoms with Crippen LogP contribution in [0.5, 0.6) is 0 Å². The van der Waals surface area contributed by atoms with E-state index < -0.39 is 0 Å². The molecular formula is C12H18N4O. The number of nitrogens with zero attached hydrogens (tertiary/aromatic N) is 2. The fourth-order valence-corrected chi connectivity index (χ4v) is 2.13. The van der Waals surface area contributed by atoms with Crippen LogP contribution in [0.4, 0.5) is 11.5 Å². The maximum Gasteiger partial charge on any atom is 0.225 e. The molecule has 1 unspecified atom stereocenters. The zero-order valence-corrected chi connectivity index (χ0v) is 10.0. The normalized spacial score (nSPS) is 20.4. The lowest BCUT2D eigenvalue weighted by Crippen LogP contribution is -2.19. The van der Waals surface area contributed by atoms with Gasteiger partial charge in [0.05, 0.1) is 11.9 Å². The Morgan fingerprint density at radius 1 is 1.65 bits per heavy atom. The molecule has 3 N–H and O–H groups in total. The maximum atomic E-state index is 11.8. The van der Waals surface area contributed by atoms with Crippen LogP contribution in [0.15, 0.2) is 18.3 Å². The van der Waals surface area contributed by atoms with E-state index >= 15 is 0 Å². The molecule has 5 nitrogen and oxygen atoms in total. The number of aromatic nitrogens is 1. The van der Waals surface area contributed by atoms with Crippen molar-refractivity contribution < 1.29 is 4.79 Å². The van der Waals surface area contributed by atoms with Crippen LogP contribution in [0.25, 0.3) is 0 Å². The van der Waals surface area contributed by atoms with Gasteiger partial charge in [0.15, 0.2) is 0 Å². The molecule has 1 aromatic heterocycles. The molecule has 1 fully saturated rings. The number of hydrogen-bond donors (Lipinski definition) is 2. The first-order chi connectivity index (χ1) is 8.13. The molecule has 1 atom stereocenters. The van der Waals surface area contributed by atoms with E-state index in [1.165, 1.54) is 0 Å². The minimum atomic E-state index is 0.0302. The first-order valence-corrected chi connectivity index (χ1v) is 5.83. The molecule has 0 spiro atoms. The van der Waals surface area contributed by atoms with Crippen LogP contribution in [0, 0.1) is 5.92 Å². The van der Waals surface area contributed by atoms with Crippen molar-refractivity contribution in [1.29, 1.82) is 0 Å². The maximum absolute atomic E-state index is 11.8. The molecule has 5 heteroatoms. The monoisotopic (exact) mass is 234 g/mol. The van der Waals surface area contributed by atoms with E-state index in [4.69, 9.17) is 5.73 Å². The predicted molar refractivity (Wildman–Crippen MR) is 67.5 cm³/mol. The summed E-state index contributed by atoms with van der Waals surface area (Å²) in [5.74, 6) is 1.06. The highest BCUT2D eigenvalue weighted by Gasteiger charge is 2.21. The Hall–Kier alpha value is -1.62. The summed E-state index contributed by atoms with van der Waals surface area (Å²) in [5, 5.41) is 2.79. The molecule has 1 aromatic rings. The van der Waals surface area contributed by atoms with E-state index in [1.54, 1.807) is 18.3 Å². The second-order valence-electron chi connectivity index (χ2n) is 4.65. The van der Waals surface area contributed by atoms with Crippen molar-refractivity contribution in [1.82, 2.24) is 9.88 Å². The van der Waals surface area contributed by atoms with Crippen molar-refractivity contribution in [2.24, 2.45) is 5.92 Å². The summed E-state index contributed by atoms with van der Waals surface area (Å²) in [6.45, 7) is 2.08. The third kappa shape index (κ3) is 3.42. The summed E-state index contributed by atoms with van der Waals surface area (Å²) in [4.78, 5) is 18.0. The van der Waals surface area contributed by atoms with E-state index in [-0.39, 0.29) is 5.91 Å². The minimum absolute atomic E-state index is 0.0302. The van der Waals surface area contributed by atoms with Gasteiger partial charge in [0.1, 0.15) is 5.82 Å². The largest absolute Gasteiger partial charge is 0.397 e. The molecule has 0 radical (unpaired) electrons. The summed E-state index contributed by atoms with van der Waals surface area (Å²) in [7, 11) is 2.08. The number of anilines is 2. The van der Waals surface area contributed by atoms with Gasteiger partial charge in [-0.2, -0.15) is 0 Å². The van der Waals surface area contributed by atoms with Gasteiger partial charge in [-0.3, -0.25) is 4.79 Å². The fraction of sp³-hybridized carbons (Fsp3) is 0.500. The SMILES string of the molecule is CN1CCC(CC(=O)Nc2ccc(N)cn2)C1. The van der Waals surface area contributed by atoms with Crippen LogP contribution in [0.3, 0.4) is 0 Å². The van der Waals surface area contributed by atoms with E-state index in [9.17, 15) is 4.79 Å². The quantitative estimate of drug-likeness (QED) is 0.816. The summed E-state index contributed by atoms with van der Waals surface area (Å²) < 4.78 is 0. The number of nitrogen functional groups attached to an aromatic ring is 1. The van der Waals surface area contributed by atoms with Crippen LogP contribution in [-0.2, 0) is 4.79 Å². The fourth-order valence-electron chi connectivity index (χ4n) is 2.13. The van der Waals surface area contributed by atoms with Crippen LogP contribution in [0.1, 0.15) is 12.8 Å². The Bertz CT molecular complexity index is 390. The molecule has 1 amide bonds. The molecule has 0 saturated carbocycles. The minimum Gasteiger partial charge on any atom is -0.397 e. The molecule has 92 valence electrons. The molecule has 1 aliphatic rings. The Kier molecular flexibility index (Phi) is 3.58. The summed E-state index contributed by atoms with van der Waals surface area (Å²) in [6.07, 6.45) is 3.20. The number of pyridine rings is 1. The van der Waals surface area contributed by atoms with Crippen molar-refractivity contribution in [2.45, 2.75) is 12.8 Å². The van der Waals surface area contributed by atoms with Crippen molar-refractivity contribution in [3.05, 3.63) is 18.3 Å². The second kappa shape index (κ2) is 5.14. The first-order valence-electron chi connectivity index (χ1n) is 5.83. The number of likely N-dealkylation sites (tertiary alicyclic amines) is 1. The van der Waals surface area contributed by atoms with Gasteiger partial charge >= 0.3 is 0 Å². The van der Waals surface area contributed by atoms with E-state index in [2.05, 4.69) is 22.2 Å². The highest BCUT2D eigenvalue weighted by atomic mass is 16.1. The highest BCUT2D eigenvalue weighted by Crippen LogP contribution is 2.18. The number of nitrogens with two attached hydrogens (primary N) is 1. The van der Waals surface area contributed by atoms with Gasteiger partial charge in [0.25, 0.3) is 0 Å². The topological polar surface area (TPSA) is 71.2 Å². The Balaban J connectivity index is 1.83. The van der Waals surface area contributed by atoms with E-state index in [1.807, 2.05) is 0 Å². The Morgan fingerprint density at radius 3 is 3.06 bits per heavy atom. The van der Waals surface area contributed by atoms with Crippen molar-refractivity contribution in [3.8, 4) is 0 Å². The van der Waals surface area contributed by atoms with Crippen molar-refractivity contribution >= 4 is 17.4 Å². The summed E-state index contributed by atoms with van der Waals surface area (Å²) in [5.41, 5.74) is 6.12. The Labute approximate surface area is 101 Å². The molecule has 0 bridgehead atoms. The van der Waals surface area contributed by atoms with Crippen LogP contribution < -0.4 is 11.1 Å². The molecule has 1 aliphatic heterocycles. The Morgan fingerprint density at radius 2 is 2.47 bits per heavy atom. The highest BCUT2D eigenvalue weighted by molar-refractivity contribution is 5.90. The predicted octanol–water partition coefficient (Wildman–Crippen LogP) is 0.944. The molecule has 2 rings (SSSR count). The smallest absolute Gasteiger partial charge is 0.225 e.